The third-order valence-electron chi connectivity index (χ3n) is 4.40. The number of nitrogens with zero attached hydrogens (tertiary/aromatic N) is 2. The fourth-order valence-corrected chi connectivity index (χ4v) is 3.13. The van der Waals surface area contributed by atoms with E-state index in [-0.39, 0.29) is 6.42 Å². The highest BCUT2D eigenvalue weighted by molar-refractivity contribution is 6.01. The van der Waals surface area contributed by atoms with Gasteiger partial charge in [0, 0.05) is 32.4 Å². The van der Waals surface area contributed by atoms with E-state index in [1.54, 1.807) is 4.90 Å². The highest BCUT2D eigenvalue weighted by atomic mass is 19.4. The summed E-state index contributed by atoms with van der Waals surface area (Å²) in [7, 11) is 0. The Bertz CT molecular complexity index is 576. The highest BCUT2D eigenvalue weighted by Gasteiger charge is 2.47. The molecule has 1 aromatic carbocycles. The second-order valence-corrected chi connectivity index (χ2v) is 6.21. The monoisotopic (exact) mass is 328 g/mol. The van der Waals surface area contributed by atoms with Crippen molar-refractivity contribution in [2.75, 3.05) is 13.1 Å². The molecule has 2 heterocycles. The molecular weight excluding hydrogens is 309 g/mol. The Morgan fingerprint density at radius 3 is 2.74 bits per heavy atom. The van der Waals surface area contributed by atoms with Crippen molar-refractivity contribution in [3.05, 3.63) is 35.9 Å². The number of aliphatic hydroxyl groups excluding tert-OH is 1. The number of likely N-dealkylation sites (tertiary alicyclic amines) is 1. The molecule has 0 aromatic heterocycles. The zero-order valence-corrected chi connectivity index (χ0v) is 12.6. The molecule has 1 spiro atoms. The summed E-state index contributed by atoms with van der Waals surface area (Å²) in [5, 5.41) is 14.1. The Morgan fingerprint density at radius 2 is 2.04 bits per heavy atom. The van der Waals surface area contributed by atoms with Gasteiger partial charge in [-0.05, 0) is 12.0 Å². The van der Waals surface area contributed by atoms with Crippen LogP contribution in [0.1, 0.15) is 31.2 Å². The van der Waals surface area contributed by atoms with E-state index in [1.807, 2.05) is 30.3 Å². The number of benzene rings is 1. The van der Waals surface area contributed by atoms with Crippen molar-refractivity contribution in [1.82, 2.24) is 4.90 Å². The number of rotatable bonds is 4. The van der Waals surface area contributed by atoms with Crippen LogP contribution in [-0.4, -0.2) is 46.8 Å². The van der Waals surface area contributed by atoms with E-state index in [2.05, 4.69) is 5.16 Å². The molecule has 2 unspecified atom stereocenters. The van der Waals surface area contributed by atoms with Crippen LogP contribution in [-0.2, 0) is 4.84 Å². The van der Waals surface area contributed by atoms with Crippen molar-refractivity contribution in [1.29, 1.82) is 0 Å². The van der Waals surface area contributed by atoms with E-state index >= 15 is 0 Å². The molecule has 1 saturated heterocycles. The van der Waals surface area contributed by atoms with Gasteiger partial charge in [-0.15, -0.1) is 0 Å². The van der Waals surface area contributed by atoms with Crippen molar-refractivity contribution in [3.63, 3.8) is 0 Å². The van der Waals surface area contributed by atoms with Gasteiger partial charge in [-0.1, -0.05) is 35.5 Å². The largest absolute Gasteiger partial charge is 0.389 e. The number of halogens is 3. The average Bonchev–Trinajstić information content (AvgIpc) is 3.13. The zero-order chi connectivity index (χ0) is 16.5. The van der Waals surface area contributed by atoms with Gasteiger partial charge in [0.05, 0.1) is 5.71 Å². The highest BCUT2D eigenvalue weighted by Crippen LogP contribution is 2.36. The van der Waals surface area contributed by atoms with Crippen LogP contribution in [0.25, 0.3) is 0 Å². The lowest BCUT2D eigenvalue weighted by Crippen LogP contribution is -2.39. The van der Waals surface area contributed by atoms with Crippen LogP contribution < -0.4 is 0 Å². The predicted octanol–water partition coefficient (Wildman–Crippen LogP) is 2.92. The van der Waals surface area contributed by atoms with E-state index < -0.39 is 24.4 Å². The Labute approximate surface area is 132 Å². The molecule has 2 aliphatic heterocycles. The molecule has 0 aliphatic carbocycles. The normalized spacial score (nSPS) is 26.3. The standard InChI is InChI=1S/C16H19F3N2O2/c17-16(18,19)7-6-14(22)21-9-8-15(11-21)10-13(20-23-15)12-4-2-1-3-5-12/h1-5,14,22H,6-11H2. The van der Waals surface area contributed by atoms with Gasteiger partial charge < -0.3 is 9.94 Å². The van der Waals surface area contributed by atoms with Crippen LogP contribution in [0.4, 0.5) is 13.2 Å². The number of oxime groups is 1. The minimum Gasteiger partial charge on any atom is -0.387 e. The number of aliphatic hydroxyl groups is 1. The summed E-state index contributed by atoms with van der Waals surface area (Å²) in [5.74, 6) is 0. The van der Waals surface area contributed by atoms with E-state index in [9.17, 15) is 18.3 Å². The molecule has 0 amide bonds. The van der Waals surface area contributed by atoms with Crippen LogP contribution in [0.15, 0.2) is 35.5 Å². The summed E-state index contributed by atoms with van der Waals surface area (Å²) >= 11 is 0. The van der Waals surface area contributed by atoms with Crippen molar-refractivity contribution >= 4 is 5.71 Å². The fourth-order valence-electron chi connectivity index (χ4n) is 3.13. The summed E-state index contributed by atoms with van der Waals surface area (Å²) < 4.78 is 36.8. The first kappa shape index (κ1) is 16.3. The maximum atomic E-state index is 12.3. The summed E-state index contributed by atoms with van der Waals surface area (Å²) in [5.41, 5.74) is 1.31. The van der Waals surface area contributed by atoms with E-state index in [4.69, 9.17) is 4.84 Å². The Morgan fingerprint density at radius 1 is 1.30 bits per heavy atom. The van der Waals surface area contributed by atoms with Crippen LogP contribution in [0.2, 0.25) is 0 Å². The smallest absolute Gasteiger partial charge is 0.387 e. The summed E-state index contributed by atoms with van der Waals surface area (Å²) in [6.07, 6.45) is -5.38. The van der Waals surface area contributed by atoms with Gasteiger partial charge in [0.25, 0.3) is 0 Å². The third kappa shape index (κ3) is 3.84. The number of hydrogen-bond donors (Lipinski definition) is 1. The third-order valence-corrected chi connectivity index (χ3v) is 4.40. The summed E-state index contributed by atoms with van der Waals surface area (Å²) in [4.78, 5) is 7.26. The Kier molecular flexibility index (Phi) is 4.33. The summed E-state index contributed by atoms with van der Waals surface area (Å²) in [6.45, 7) is 0.905. The fraction of sp³-hybridized carbons (Fsp3) is 0.562. The van der Waals surface area contributed by atoms with Crippen LogP contribution in [0.3, 0.4) is 0 Å². The average molecular weight is 328 g/mol. The maximum Gasteiger partial charge on any atom is 0.389 e. The molecule has 3 rings (SSSR count). The first-order valence-corrected chi connectivity index (χ1v) is 7.66. The van der Waals surface area contributed by atoms with Gasteiger partial charge in [-0.25, -0.2) is 0 Å². The molecule has 4 nitrogen and oxygen atoms in total. The van der Waals surface area contributed by atoms with Gasteiger partial charge in [0.2, 0.25) is 0 Å². The number of alkyl halides is 3. The molecular formula is C16H19F3N2O2. The topological polar surface area (TPSA) is 45.1 Å². The van der Waals surface area contributed by atoms with Crippen molar-refractivity contribution in [2.45, 2.75) is 43.7 Å². The van der Waals surface area contributed by atoms with Crippen molar-refractivity contribution in [3.8, 4) is 0 Å². The van der Waals surface area contributed by atoms with Gasteiger partial charge in [0.1, 0.15) is 6.23 Å². The van der Waals surface area contributed by atoms with Crippen molar-refractivity contribution < 1.29 is 23.1 Å². The number of hydrogen-bond acceptors (Lipinski definition) is 4. The first-order chi connectivity index (χ1) is 10.9. The van der Waals surface area contributed by atoms with E-state index in [1.165, 1.54) is 0 Å². The molecule has 1 aromatic rings. The lowest BCUT2D eigenvalue weighted by Gasteiger charge is -2.25. The molecule has 0 radical (unpaired) electrons. The quantitative estimate of drug-likeness (QED) is 0.924. The van der Waals surface area contributed by atoms with Gasteiger partial charge in [0.15, 0.2) is 5.60 Å². The Balaban J connectivity index is 1.56. The Hall–Kier alpha value is -1.60. The van der Waals surface area contributed by atoms with E-state index in [0.717, 1.165) is 11.3 Å². The van der Waals surface area contributed by atoms with E-state index in [0.29, 0.717) is 25.9 Å². The minimum absolute atomic E-state index is 0.314. The molecule has 0 saturated carbocycles. The van der Waals surface area contributed by atoms with Gasteiger partial charge in [-0.2, -0.15) is 13.2 Å². The second kappa shape index (κ2) is 6.13. The lowest BCUT2D eigenvalue weighted by molar-refractivity contribution is -0.146. The molecule has 2 aliphatic rings. The molecule has 1 N–H and O–H groups in total. The molecule has 1 fully saturated rings. The van der Waals surface area contributed by atoms with Crippen LogP contribution >= 0.6 is 0 Å². The first-order valence-electron chi connectivity index (χ1n) is 7.66. The minimum atomic E-state index is -4.24. The molecule has 2 atom stereocenters. The molecule has 23 heavy (non-hydrogen) atoms. The van der Waals surface area contributed by atoms with Crippen LogP contribution in [0, 0.1) is 0 Å². The van der Waals surface area contributed by atoms with Gasteiger partial charge in [-0.3, -0.25) is 4.90 Å². The van der Waals surface area contributed by atoms with Crippen molar-refractivity contribution in [2.24, 2.45) is 5.16 Å². The van der Waals surface area contributed by atoms with Crippen LogP contribution in [0.5, 0.6) is 0 Å². The molecule has 7 heteroatoms. The summed E-state index contributed by atoms with van der Waals surface area (Å²) in [6, 6.07) is 9.66. The lowest BCUT2D eigenvalue weighted by atomic mass is 9.93. The predicted molar refractivity (Wildman–Crippen MR) is 78.9 cm³/mol. The molecule has 126 valence electrons. The SMILES string of the molecule is OC(CCC(F)(F)F)N1CCC2(CC(c3ccccc3)=NO2)C1. The molecule has 0 bridgehead atoms. The zero-order valence-electron chi connectivity index (χ0n) is 12.6. The van der Waals surface area contributed by atoms with Gasteiger partial charge >= 0.3 is 6.18 Å². The second-order valence-electron chi connectivity index (χ2n) is 6.21. The maximum absolute atomic E-state index is 12.3.